The van der Waals surface area contributed by atoms with Crippen LogP contribution >= 0.6 is 0 Å². The summed E-state index contributed by atoms with van der Waals surface area (Å²) < 4.78 is 18.7. The van der Waals surface area contributed by atoms with Crippen molar-refractivity contribution in [3.05, 3.63) is 30.1 Å². The average molecular weight is 267 g/mol. The van der Waals surface area contributed by atoms with Crippen molar-refractivity contribution in [3.63, 3.8) is 0 Å². The number of hydrogen-bond acceptors (Lipinski definition) is 3. The summed E-state index contributed by atoms with van der Waals surface area (Å²) in [5.41, 5.74) is -0.510. The Balaban J connectivity index is 1.94. The Kier molecular flexibility index (Phi) is 4.04. The number of halogens is 1. The third-order valence-corrected chi connectivity index (χ3v) is 3.51. The van der Waals surface area contributed by atoms with E-state index in [2.05, 4.69) is 5.32 Å². The van der Waals surface area contributed by atoms with Gasteiger partial charge >= 0.3 is 0 Å². The van der Waals surface area contributed by atoms with Gasteiger partial charge in [0.15, 0.2) is 17.7 Å². The second-order valence-corrected chi connectivity index (χ2v) is 4.97. The van der Waals surface area contributed by atoms with Gasteiger partial charge in [0, 0.05) is 0 Å². The molecule has 1 aromatic rings. The summed E-state index contributed by atoms with van der Waals surface area (Å²) in [6, 6.07) is 5.96. The standard InChI is InChI=1S/C14H18FNO3/c1-10(19-12-6-3-2-5-11(12)15)13(18)16-14(9-17)7-4-8-14/h2-3,5-6,10,17H,4,7-9H2,1H3,(H,16,18). The summed E-state index contributed by atoms with van der Waals surface area (Å²) in [6.07, 6.45) is 1.72. The Morgan fingerprint density at radius 3 is 2.74 bits per heavy atom. The summed E-state index contributed by atoms with van der Waals surface area (Å²) in [4.78, 5) is 12.0. The van der Waals surface area contributed by atoms with Gasteiger partial charge in [-0.15, -0.1) is 0 Å². The fourth-order valence-electron chi connectivity index (χ4n) is 2.07. The first-order chi connectivity index (χ1) is 9.06. The molecule has 0 spiro atoms. The zero-order chi connectivity index (χ0) is 13.9. The number of hydrogen-bond donors (Lipinski definition) is 2. The number of nitrogens with one attached hydrogen (secondary N) is 1. The Morgan fingerprint density at radius 1 is 1.53 bits per heavy atom. The molecule has 104 valence electrons. The molecule has 2 rings (SSSR count). The van der Waals surface area contributed by atoms with Crippen LogP contribution in [0, 0.1) is 5.82 Å². The summed E-state index contributed by atoms with van der Waals surface area (Å²) in [6.45, 7) is 1.48. The van der Waals surface area contributed by atoms with Crippen molar-refractivity contribution in [2.45, 2.75) is 37.8 Å². The minimum absolute atomic E-state index is 0.0526. The van der Waals surface area contributed by atoms with Gasteiger partial charge in [-0.05, 0) is 38.3 Å². The number of aliphatic hydroxyl groups is 1. The molecule has 0 aromatic heterocycles. The third kappa shape index (κ3) is 3.04. The molecule has 1 aliphatic rings. The number of carbonyl (C=O) groups excluding carboxylic acids is 1. The maximum Gasteiger partial charge on any atom is 0.261 e. The molecule has 19 heavy (non-hydrogen) atoms. The van der Waals surface area contributed by atoms with Crippen LogP contribution in [0.15, 0.2) is 24.3 Å². The zero-order valence-corrected chi connectivity index (χ0v) is 10.9. The van der Waals surface area contributed by atoms with Gasteiger partial charge in [0.05, 0.1) is 12.1 Å². The highest BCUT2D eigenvalue weighted by molar-refractivity contribution is 5.81. The molecule has 1 amide bonds. The molecule has 0 heterocycles. The molecule has 1 fully saturated rings. The monoisotopic (exact) mass is 267 g/mol. The van der Waals surface area contributed by atoms with E-state index in [-0.39, 0.29) is 18.3 Å². The van der Waals surface area contributed by atoms with Crippen molar-refractivity contribution in [1.29, 1.82) is 0 Å². The highest BCUT2D eigenvalue weighted by atomic mass is 19.1. The van der Waals surface area contributed by atoms with E-state index < -0.39 is 17.5 Å². The van der Waals surface area contributed by atoms with E-state index in [1.54, 1.807) is 19.1 Å². The van der Waals surface area contributed by atoms with Crippen LogP contribution in [0.25, 0.3) is 0 Å². The van der Waals surface area contributed by atoms with Gasteiger partial charge in [-0.3, -0.25) is 4.79 Å². The molecule has 0 bridgehead atoms. The number of para-hydroxylation sites is 1. The molecule has 1 unspecified atom stereocenters. The van der Waals surface area contributed by atoms with Crippen LogP contribution in [0.4, 0.5) is 4.39 Å². The molecule has 2 N–H and O–H groups in total. The summed E-state index contributed by atoms with van der Waals surface area (Å²) in [7, 11) is 0. The molecule has 5 heteroatoms. The molecule has 1 aromatic carbocycles. The Bertz CT molecular complexity index is 454. The van der Waals surface area contributed by atoms with Gasteiger partial charge < -0.3 is 15.2 Å². The van der Waals surface area contributed by atoms with Gasteiger partial charge in [-0.1, -0.05) is 12.1 Å². The van der Waals surface area contributed by atoms with E-state index in [0.29, 0.717) is 0 Å². The van der Waals surface area contributed by atoms with Crippen LogP contribution < -0.4 is 10.1 Å². The number of rotatable bonds is 5. The summed E-state index contributed by atoms with van der Waals surface area (Å²) >= 11 is 0. The lowest BCUT2D eigenvalue weighted by molar-refractivity contribution is -0.131. The zero-order valence-electron chi connectivity index (χ0n) is 10.9. The third-order valence-electron chi connectivity index (χ3n) is 3.51. The summed E-state index contributed by atoms with van der Waals surface area (Å²) in [5, 5.41) is 12.1. The van der Waals surface area contributed by atoms with Gasteiger partial charge in [-0.2, -0.15) is 0 Å². The minimum Gasteiger partial charge on any atom is -0.478 e. The predicted octanol–water partition coefficient (Wildman–Crippen LogP) is 1.62. The summed E-state index contributed by atoms with van der Waals surface area (Å²) in [5.74, 6) is -0.781. The molecular formula is C14H18FNO3. The second-order valence-electron chi connectivity index (χ2n) is 4.97. The van der Waals surface area contributed by atoms with E-state index in [9.17, 15) is 14.3 Å². The lowest BCUT2D eigenvalue weighted by Crippen LogP contribution is -2.58. The molecular weight excluding hydrogens is 249 g/mol. The number of carbonyl (C=O) groups is 1. The van der Waals surface area contributed by atoms with Gasteiger partial charge in [0.2, 0.25) is 0 Å². The van der Waals surface area contributed by atoms with E-state index in [1.807, 2.05) is 0 Å². The van der Waals surface area contributed by atoms with Crippen LogP contribution in [-0.2, 0) is 4.79 Å². The van der Waals surface area contributed by atoms with Crippen LogP contribution in [0.3, 0.4) is 0 Å². The largest absolute Gasteiger partial charge is 0.478 e. The second kappa shape index (κ2) is 5.57. The SMILES string of the molecule is CC(Oc1ccccc1F)C(=O)NC1(CO)CCC1. The number of ether oxygens (including phenoxy) is 1. The van der Waals surface area contributed by atoms with Gasteiger partial charge in [0.25, 0.3) is 5.91 Å². The van der Waals surface area contributed by atoms with E-state index in [0.717, 1.165) is 19.3 Å². The Labute approximate surface area is 111 Å². The smallest absolute Gasteiger partial charge is 0.261 e. The topological polar surface area (TPSA) is 58.6 Å². The molecule has 4 nitrogen and oxygen atoms in total. The quantitative estimate of drug-likeness (QED) is 0.852. The fraction of sp³-hybridized carbons (Fsp3) is 0.500. The van der Waals surface area contributed by atoms with Crippen molar-refractivity contribution in [2.75, 3.05) is 6.61 Å². The van der Waals surface area contributed by atoms with E-state index >= 15 is 0 Å². The molecule has 0 saturated heterocycles. The van der Waals surface area contributed by atoms with Crippen LogP contribution in [0.5, 0.6) is 5.75 Å². The van der Waals surface area contributed by atoms with Crippen molar-refractivity contribution in [1.82, 2.24) is 5.32 Å². The molecule has 1 atom stereocenters. The van der Waals surface area contributed by atoms with Crippen LogP contribution in [0.2, 0.25) is 0 Å². The van der Waals surface area contributed by atoms with Gasteiger partial charge in [-0.25, -0.2) is 4.39 Å². The van der Waals surface area contributed by atoms with E-state index in [1.165, 1.54) is 12.1 Å². The van der Waals surface area contributed by atoms with Crippen molar-refractivity contribution >= 4 is 5.91 Å². The number of benzene rings is 1. The van der Waals surface area contributed by atoms with Crippen molar-refractivity contribution in [2.24, 2.45) is 0 Å². The highest BCUT2D eigenvalue weighted by Crippen LogP contribution is 2.31. The first kappa shape index (κ1) is 13.8. The van der Waals surface area contributed by atoms with Gasteiger partial charge in [0.1, 0.15) is 0 Å². The number of amides is 1. The maximum absolute atomic E-state index is 13.4. The molecule has 1 saturated carbocycles. The van der Waals surface area contributed by atoms with E-state index in [4.69, 9.17) is 4.74 Å². The van der Waals surface area contributed by atoms with Crippen molar-refractivity contribution in [3.8, 4) is 5.75 Å². The minimum atomic E-state index is -0.805. The fourth-order valence-corrected chi connectivity index (χ4v) is 2.07. The average Bonchev–Trinajstić information content (AvgIpc) is 2.36. The molecule has 0 aliphatic heterocycles. The highest BCUT2D eigenvalue weighted by Gasteiger charge is 2.38. The van der Waals surface area contributed by atoms with Crippen LogP contribution in [0.1, 0.15) is 26.2 Å². The van der Waals surface area contributed by atoms with Crippen molar-refractivity contribution < 1.29 is 19.0 Å². The lowest BCUT2D eigenvalue weighted by atomic mass is 9.77. The normalized spacial score (nSPS) is 18.3. The first-order valence-electron chi connectivity index (χ1n) is 6.40. The molecule has 1 aliphatic carbocycles. The first-order valence-corrected chi connectivity index (χ1v) is 6.40. The Hall–Kier alpha value is -1.62. The Morgan fingerprint density at radius 2 is 2.21 bits per heavy atom. The predicted molar refractivity (Wildman–Crippen MR) is 68.3 cm³/mol. The maximum atomic E-state index is 13.4. The molecule has 0 radical (unpaired) electrons. The number of aliphatic hydroxyl groups excluding tert-OH is 1. The van der Waals surface area contributed by atoms with Crippen LogP contribution in [-0.4, -0.2) is 29.3 Å². The lowest BCUT2D eigenvalue weighted by Gasteiger charge is -2.41.